The summed E-state index contributed by atoms with van der Waals surface area (Å²) in [5.41, 5.74) is 10.9. The van der Waals surface area contributed by atoms with E-state index in [2.05, 4.69) is 42.3 Å². The van der Waals surface area contributed by atoms with E-state index in [1.54, 1.807) is 0 Å². The van der Waals surface area contributed by atoms with Crippen LogP contribution < -0.4 is 5.73 Å². The van der Waals surface area contributed by atoms with Gasteiger partial charge in [-0.2, -0.15) is 0 Å². The number of hydrogen-bond acceptors (Lipinski definition) is 2. The van der Waals surface area contributed by atoms with Crippen LogP contribution in [0.2, 0.25) is 0 Å². The molecule has 0 unspecified atom stereocenters. The molecule has 0 bridgehead atoms. The summed E-state index contributed by atoms with van der Waals surface area (Å²) in [6, 6.07) is 14.2. The smallest absolute Gasteiger partial charge is 0.141 e. The van der Waals surface area contributed by atoms with Gasteiger partial charge in [0.15, 0.2) is 0 Å². The second kappa shape index (κ2) is 4.85. The number of aryl methyl sites for hydroxylation is 1. The molecule has 20 heavy (non-hydrogen) atoms. The average molecular weight is 263 g/mol. The van der Waals surface area contributed by atoms with Crippen molar-refractivity contribution in [1.29, 1.82) is 0 Å². The van der Waals surface area contributed by atoms with Crippen LogP contribution in [-0.4, -0.2) is 9.55 Å². The number of allylic oxidation sites excluding steroid dienone is 1. The van der Waals surface area contributed by atoms with Gasteiger partial charge in [0.05, 0.1) is 11.0 Å². The molecule has 2 N–H and O–H groups in total. The van der Waals surface area contributed by atoms with Crippen LogP contribution >= 0.6 is 0 Å². The van der Waals surface area contributed by atoms with E-state index in [0.717, 1.165) is 34.7 Å². The number of anilines is 1. The number of rotatable bonds is 3. The topological polar surface area (TPSA) is 43.8 Å². The molecule has 3 rings (SSSR count). The number of hydrogen-bond donors (Lipinski definition) is 1. The monoisotopic (exact) mass is 263 g/mol. The highest BCUT2D eigenvalue weighted by atomic mass is 15.1. The van der Waals surface area contributed by atoms with E-state index in [-0.39, 0.29) is 0 Å². The quantitative estimate of drug-likeness (QED) is 0.577. The molecule has 0 fully saturated rings. The Balaban J connectivity index is 2.25. The fourth-order valence-electron chi connectivity index (χ4n) is 2.38. The molecule has 100 valence electrons. The molecule has 3 nitrogen and oxygen atoms in total. The Bertz CT molecular complexity index is 767. The number of nitrogen functional groups attached to an aromatic ring is 1. The van der Waals surface area contributed by atoms with Gasteiger partial charge < -0.3 is 10.3 Å². The van der Waals surface area contributed by atoms with Crippen LogP contribution in [0.4, 0.5) is 5.69 Å². The third-order valence-corrected chi connectivity index (χ3v) is 3.39. The van der Waals surface area contributed by atoms with Crippen molar-refractivity contribution >= 4 is 16.7 Å². The minimum Gasteiger partial charge on any atom is -0.399 e. The van der Waals surface area contributed by atoms with Crippen molar-refractivity contribution in [3.63, 3.8) is 0 Å². The minimum absolute atomic E-state index is 0.726. The van der Waals surface area contributed by atoms with Crippen molar-refractivity contribution in [2.45, 2.75) is 13.5 Å². The van der Waals surface area contributed by atoms with Crippen LogP contribution in [0.5, 0.6) is 0 Å². The summed E-state index contributed by atoms with van der Waals surface area (Å²) in [5, 5.41) is 0. The first kappa shape index (κ1) is 12.5. The zero-order valence-electron chi connectivity index (χ0n) is 11.5. The molecule has 1 aromatic heterocycles. The first-order chi connectivity index (χ1) is 9.69. The van der Waals surface area contributed by atoms with Gasteiger partial charge in [-0.05, 0) is 25.1 Å². The normalized spacial score (nSPS) is 10.8. The summed E-state index contributed by atoms with van der Waals surface area (Å²) in [6.07, 6.45) is 1.88. The van der Waals surface area contributed by atoms with Gasteiger partial charge in [-0.1, -0.05) is 35.9 Å². The predicted octanol–water partition coefficient (Wildman–Crippen LogP) is 3.78. The molecule has 0 saturated heterocycles. The summed E-state index contributed by atoms with van der Waals surface area (Å²) in [4.78, 5) is 4.73. The number of nitrogens with two attached hydrogens (primary N) is 1. The lowest BCUT2D eigenvalue weighted by molar-refractivity contribution is 0.862. The molecule has 0 aliphatic heterocycles. The van der Waals surface area contributed by atoms with Gasteiger partial charge in [-0.3, -0.25) is 0 Å². The highest BCUT2D eigenvalue weighted by Gasteiger charge is 2.11. The first-order valence-corrected chi connectivity index (χ1v) is 6.63. The predicted molar refractivity (Wildman–Crippen MR) is 84.5 cm³/mol. The lowest BCUT2D eigenvalue weighted by Gasteiger charge is -2.06. The Kier molecular flexibility index (Phi) is 3.03. The van der Waals surface area contributed by atoms with E-state index in [0.29, 0.717) is 0 Å². The second-order valence-electron chi connectivity index (χ2n) is 4.95. The maximum Gasteiger partial charge on any atom is 0.141 e. The molecular weight excluding hydrogens is 246 g/mol. The maximum atomic E-state index is 5.85. The summed E-state index contributed by atoms with van der Waals surface area (Å²) in [7, 11) is 0. The van der Waals surface area contributed by atoms with E-state index in [1.165, 1.54) is 5.56 Å². The van der Waals surface area contributed by atoms with Crippen molar-refractivity contribution in [3.8, 4) is 11.4 Å². The van der Waals surface area contributed by atoms with Crippen LogP contribution in [0.15, 0.2) is 55.1 Å². The van der Waals surface area contributed by atoms with Gasteiger partial charge >= 0.3 is 0 Å². The molecule has 0 aliphatic carbocycles. The van der Waals surface area contributed by atoms with Gasteiger partial charge in [0.25, 0.3) is 0 Å². The highest BCUT2D eigenvalue weighted by molar-refractivity contribution is 5.83. The molecule has 2 aromatic carbocycles. The van der Waals surface area contributed by atoms with Gasteiger partial charge in [-0.25, -0.2) is 4.98 Å². The van der Waals surface area contributed by atoms with Crippen molar-refractivity contribution in [2.24, 2.45) is 0 Å². The first-order valence-electron chi connectivity index (χ1n) is 6.63. The lowest BCUT2D eigenvalue weighted by Crippen LogP contribution is -1.98. The summed E-state index contributed by atoms with van der Waals surface area (Å²) in [5.74, 6) is 0.950. The molecule has 0 atom stereocenters. The Hall–Kier alpha value is -2.55. The largest absolute Gasteiger partial charge is 0.399 e. The van der Waals surface area contributed by atoms with Crippen LogP contribution in [-0.2, 0) is 6.54 Å². The zero-order chi connectivity index (χ0) is 14.1. The fourth-order valence-corrected chi connectivity index (χ4v) is 2.38. The highest BCUT2D eigenvalue weighted by Crippen LogP contribution is 2.26. The van der Waals surface area contributed by atoms with Gasteiger partial charge in [0.2, 0.25) is 0 Å². The standard InChI is InChI=1S/C17H17N3/c1-3-10-20-16-9-8-14(18)11-15(16)19-17(20)13-6-4-12(2)5-7-13/h3-9,11H,1,10,18H2,2H3. The van der Waals surface area contributed by atoms with Crippen molar-refractivity contribution < 1.29 is 0 Å². The van der Waals surface area contributed by atoms with Gasteiger partial charge in [0, 0.05) is 17.8 Å². The van der Waals surface area contributed by atoms with Gasteiger partial charge in [-0.15, -0.1) is 6.58 Å². The molecule has 0 aliphatic rings. The van der Waals surface area contributed by atoms with E-state index < -0.39 is 0 Å². The van der Waals surface area contributed by atoms with Crippen LogP contribution in [0.25, 0.3) is 22.4 Å². The van der Waals surface area contributed by atoms with E-state index in [9.17, 15) is 0 Å². The summed E-state index contributed by atoms with van der Waals surface area (Å²) >= 11 is 0. The van der Waals surface area contributed by atoms with Crippen LogP contribution in [0.3, 0.4) is 0 Å². The van der Waals surface area contributed by atoms with E-state index in [4.69, 9.17) is 10.7 Å². The average Bonchev–Trinajstić information content (AvgIpc) is 2.78. The number of nitrogens with zero attached hydrogens (tertiary/aromatic N) is 2. The zero-order valence-corrected chi connectivity index (χ0v) is 11.5. The summed E-state index contributed by atoms with van der Waals surface area (Å²) < 4.78 is 2.16. The number of fused-ring (bicyclic) bond motifs is 1. The SMILES string of the molecule is C=CCn1c(-c2ccc(C)cc2)nc2cc(N)ccc21. The molecule has 0 radical (unpaired) electrons. The molecule has 0 amide bonds. The number of benzene rings is 2. The Labute approximate surface area is 118 Å². The fraction of sp³-hybridized carbons (Fsp3) is 0.118. The van der Waals surface area contributed by atoms with Crippen molar-refractivity contribution in [1.82, 2.24) is 9.55 Å². The molecule has 1 heterocycles. The van der Waals surface area contributed by atoms with Crippen molar-refractivity contribution in [3.05, 3.63) is 60.7 Å². The molecule has 3 heteroatoms. The third kappa shape index (κ3) is 2.07. The van der Waals surface area contributed by atoms with E-state index in [1.807, 2.05) is 24.3 Å². The maximum absolute atomic E-state index is 5.85. The molecule has 0 saturated carbocycles. The minimum atomic E-state index is 0.726. The molecule has 3 aromatic rings. The van der Waals surface area contributed by atoms with Gasteiger partial charge in [0.1, 0.15) is 5.82 Å². The van der Waals surface area contributed by atoms with Crippen molar-refractivity contribution in [2.75, 3.05) is 5.73 Å². The molecular formula is C17H17N3. The lowest BCUT2D eigenvalue weighted by atomic mass is 10.1. The second-order valence-corrected chi connectivity index (χ2v) is 4.95. The van der Waals surface area contributed by atoms with E-state index >= 15 is 0 Å². The Morgan fingerprint density at radius 1 is 1.20 bits per heavy atom. The number of imidazole rings is 1. The molecule has 0 spiro atoms. The third-order valence-electron chi connectivity index (χ3n) is 3.39. The summed E-state index contributed by atoms with van der Waals surface area (Å²) in [6.45, 7) is 6.64. The Morgan fingerprint density at radius 2 is 1.95 bits per heavy atom. The Morgan fingerprint density at radius 3 is 2.65 bits per heavy atom. The number of aromatic nitrogens is 2. The van der Waals surface area contributed by atoms with Crippen LogP contribution in [0, 0.1) is 6.92 Å². The van der Waals surface area contributed by atoms with Crippen LogP contribution in [0.1, 0.15) is 5.56 Å².